The topological polar surface area (TPSA) is 139 Å². The Bertz CT molecular complexity index is 1330. The number of anilines is 1. The lowest BCUT2D eigenvalue weighted by atomic mass is 10.0. The van der Waals surface area contributed by atoms with Crippen LogP contribution >= 0.6 is 0 Å². The maximum atomic E-state index is 13.9. The van der Waals surface area contributed by atoms with E-state index in [1.807, 2.05) is 70.0 Å². The zero-order valence-corrected chi connectivity index (χ0v) is 23.8. The van der Waals surface area contributed by atoms with Crippen molar-refractivity contribution in [1.29, 1.82) is 0 Å². The Morgan fingerprint density at radius 2 is 1.77 bits per heavy atom. The van der Waals surface area contributed by atoms with Gasteiger partial charge in [0.05, 0.1) is 22.6 Å². The van der Waals surface area contributed by atoms with E-state index in [1.54, 1.807) is 6.07 Å². The van der Waals surface area contributed by atoms with Gasteiger partial charge in [0, 0.05) is 43.6 Å². The molecular formula is C28H38N4O6S. The second-order valence-electron chi connectivity index (χ2n) is 10.2. The predicted molar refractivity (Wildman–Crippen MR) is 151 cm³/mol. The van der Waals surface area contributed by atoms with Gasteiger partial charge in [-0.25, -0.2) is 13.2 Å². The maximum Gasteiger partial charge on any atom is 0.404 e. The number of carbonyl (C=O) groups is 2. The highest BCUT2D eigenvalue weighted by Gasteiger charge is 2.34. The van der Waals surface area contributed by atoms with E-state index in [-0.39, 0.29) is 36.2 Å². The van der Waals surface area contributed by atoms with Crippen molar-refractivity contribution in [2.24, 2.45) is 5.92 Å². The SMILES string of the molecule is CCN(C)C(C)=C1C(=O)Nc2ccc(S(=O)(=O)N(CC(C)C)CC(O)C(Cc3ccccc3)NC(=O)O)cc21. The minimum absolute atomic E-state index is 0.0131. The van der Waals surface area contributed by atoms with Gasteiger partial charge in [0.15, 0.2) is 0 Å². The third kappa shape index (κ3) is 7.17. The van der Waals surface area contributed by atoms with Crippen molar-refractivity contribution in [3.05, 3.63) is 65.4 Å². The van der Waals surface area contributed by atoms with Crippen LogP contribution in [0, 0.1) is 5.92 Å². The Hall–Kier alpha value is -3.41. The Labute approximate surface area is 230 Å². The maximum absolute atomic E-state index is 13.9. The van der Waals surface area contributed by atoms with Gasteiger partial charge in [0.25, 0.3) is 5.91 Å². The number of carbonyl (C=O) groups excluding carboxylic acids is 1. The van der Waals surface area contributed by atoms with Gasteiger partial charge < -0.3 is 25.7 Å². The minimum atomic E-state index is -4.12. The molecule has 2 atom stereocenters. The zero-order valence-electron chi connectivity index (χ0n) is 23.0. The highest BCUT2D eigenvalue weighted by Crippen LogP contribution is 2.36. The van der Waals surface area contributed by atoms with E-state index < -0.39 is 28.3 Å². The third-order valence-electron chi connectivity index (χ3n) is 6.81. The first-order chi connectivity index (χ1) is 18.3. The highest BCUT2D eigenvalue weighted by molar-refractivity contribution is 7.89. The summed E-state index contributed by atoms with van der Waals surface area (Å²) >= 11 is 0. The van der Waals surface area contributed by atoms with Gasteiger partial charge in [0.2, 0.25) is 10.0 Å². The van der Waals surface area contributed by atoms with Gasteiger partial charge >= 0.3 is 6.09 Å². The van der Waals surface area contributed by atoms with Crippen molar-refractivity contribution in [2.45, 2.75) is 51.2 Å². The van der Waals surface area contributed by atoms with Crippen molar-refractivity contribution < 1.29 is 28.2 Å². The monoisotopic (exact) mass is 558 g/mol. The van der Waals surface area contributed by atoms with Crippen molar-refractivity contribution in [2.75, 3.05) is 32.0 Å². The molecule has 2 amide bonds. The Kier molecular flexibility index (Phi) is 9.76. The smallest absolute Gasteiger partial charge is 0.404 e. The van der Waals surface area contributed by atoms with E-state index in [0.29, 0.717) is 23.4 Å². The molecule has 0 saturated carbocycles. The number of sulfonamides is 1. The summed E-state index contributed by atoms with van der Waals surface area (Å²) in [6.07, 6.45) is -2.44. The van der Waals surface area contributed by atoms with Gasteiger partial charge in [-0.2, -0.15) is 4.31 Å². The molecule has 0 fully saturated rings. The van der Waals surface area contributed by atoms with Crippen LogP contribution in [0.25, 0.3) is 5.57 Å². The standard InChI is InChI=1S/C28H38N4O6S/c1-6-31(5)19(4)26-22-15-21(12-13-23(22)29-27(26)34)39(37,38)32(16-18(2)3)17-25(33)24(30-28(35)36)14-20-10-8-7-9-11-20/h7-13,15,18,24-25,30,33H,6,14,16-17H2,1-5H3,(H,29,34)(H,35,36). The number of fused-ring (bicyclic) bond motifs is 1. The summed E-state index contributed by atoms with van der Waals surface area (Å²) in [6, 6.07) is 12.6. The van der Waals surface area contributed by atoms with Crippen LogP contribution in [0.15, 0.2) is 59.1 Å². The molecule has 212 valence electrons. The molecule has 0 radical (unpaired) electrons. The summed E-state index contributed by atoms with van der Waals surface area (Å²) in [5, 5.41) is 25.6. The van der Waals surface area contributed by atoms with E-state index in [2.05, 4.69) is 10.6 Å². The van der Waals surface area contributed by atoms with Crippen LogP contribution in [-0.4, -0.2) is 78.7 Å². The lowest BCUT2D eigenvalue weighted by Gasteiger charge is -2.30. The Morgan fingerprint density at radius 1 is 1.10 bits per heavy atom. The van der Waals surface area contributed by atoms with Crippen molar-refractivity contribution in [1.82, 2.24) is 14.5 Å². The Balaban J connectivity index is 1.97. The molecule has 0 aliphatic carbocycles. The third-order valence-corrected chi connectivity index (χ3v) is 8.64. The molecule has 1 aliphatic heterocycles. The van der Waals surface area contributed by atoms with E-state index in [1.165, 1.54) is 16.4 Å². The quantitative estimate of drug-likeness (QED) is 0.293. The highest BCUT2D eigenvalue weighted by atomic mass is 32.2. The molecule has 11 heteroatoms. The lowest BCUT2D eigenvalue weighted by molar-refractivity contribution is -0.110. The van der Waals surface area contributed by atoms with Gasteiger partial charge in [-0.05, 0) is 49.9 Å². The number of nitrogens with one attached hydrogen (secondary N) is 2. The van der Waals surface area contributed by atoms with Gasteiger partial charge in [-0.15, -0.1) is 0 Å². The van der Waals surface area contributed by atoms with E-state index in [4.69, 9.17) is 0 Å². The number of amides is 2. The molecule has 2 aromatic rings. The number of allylic oxidation sites excluding steroid dienone is 1. The number of carboxylic acid groups (broad SMARTS) is 1. The molecule has 1 heterocycles. The van der Waals surface area contributed by atoms with Crippen molar-refractivity contribution >= 4 is 33.3 Å². The van der Waals surface area contributed by atoms with Crippen LogP contribution < -0.4 is 10.6 Å². The number of nitrogens with zero attached hydrogens (tertiary/aromatic N) is 2. The van der Waals surface area contributed by atoms with E-state index >= 15 is 0 Å². The molecular weight excluding hydrogens is 520 g/mol. The number of hydrogen-bond acceptors (Lipinski definition) is 6. The van der Waals surface area contributed by atoms with Crippen LogP contribution in [-0.2, 0) is 21.2 Å². The number of aliphatic hydroxyl groups excluding tert-OH is 1. The molecule has 0 aromatic heterocycles. The van der Waals surface area contributed by atoms with Gasteiger partial charge in [0.1, 0.15) is 0 Å². The Morgan fingerprint density at radius 3 is 2.36 bits per heavy atom. The lowest BCUT2D eigenvalue weighted by Crippen LogP contribution is -2.50. The molecule has 10 nitrogen and oxygen atoms in total. The van der Waals surface area contributed by atoms with Crippen LogP contribution in [0.1, 0.15) is 38.8 Å². The molecule has 0 saturated heterocycles. The van der Waals surface area contributed by atoms with E-state index in [9.17, 15) is 28.2 Å². The molecule has 1 aliphatic rings. The molecule has 0 bridgehead atoms. The van der Waals surface area contributed by atoms with Crippen LogP contribution in [0.4, 0.5) is 10.5 Å². The first-order valence-corrected chi connectivity index (χ1v) is 14.4. The van der Waals surface area contributed by atoms with Crippen LogP contribution in [0.2, 0.25) is 0 Å². The van der Waals surface area contributed by atoms with Gasteiger partial charge in [-0.3, -0.25) is 4.79 Å². The van der Waals surface area contributed by atoms with E-state index in [0.717, 1.165) is 11.3 Å². The summed E-state index contributed by atoms with van der Waals surface area (Å²) in [5.41, 5.74) is 2.97. The fourth-order valence-corrected chi connectivity index (χ4v) is 6.22. The predicted octanol–water partition coefficient (Wildman–Crippen LogP) is 3.21. The summed E-state index contributed by atoms with van der Waals surface area (Å²) in [6.45, 7) is 7.97. The molecule has 2 aromatic carbocycles. The molecule has 0 spiro atoms. The second kappa shape index (κ2) is 12.6. The average molecular weight is 559 g/mol. The largest absolute Gasteiger partial charge is 0.465 e. The number of benzene rings is 2. The number of rotatable bonds is 12. The molecule has 4 N–H and O–H groups in total. The first kappa shape index (κ1) is 30.1. The summed E-state index contributed by atoms with van der Waals surface area (Å²) in [4.78, 5) is 26.1. The minimum Gasteiger partial charge on any atom is -0.465 e. The summed E-state index contributed by atoms with van der Waals surface area (Å²) < 4.78 is 29.0. The molecule has 2 unspecified atom stereocenters. The second-order valence-corrected chi connectivity index (χ2v) is 12.1. The summed E-state index contributed by atoms with van der Waals surface area (Å²) in [5.74, 6) is -0.365. The fourth-order valence-electron chi connectivity index (χ4n) is 4.57. The van der Waals surface area contributed by atoms with Crippen LogP contribution in [0.5, 0.6) is 0 Å². The number of aliphatic hydroxyl groups is 1. The zero-order chi connectivity index (χ0) is 28.9. The average Bonchev–Trinajstić information content (AvgIpc) is 3.21. The summed E-state index contributed by atoms with van der Waals surface area (Å²) in [7, 11) is -2.26. The molecule has 39 heavy (non-hydrogen) atoms. The fraction of sp³-hybridized carbons (Fsp3) is 0.429. The normalized spacial score (nSPS) is 16.1. The van der Waals surface area contributed by atoms with Crippen LogP contribution in [0.3, 0.4) is 0 Å². The molecule has 3 rings (SSSR count). The van der Waals surface area contributed by atoms with Crippen molar-refractivity contribution in [3.8, 4) is 0 Å². The number of hydrogen-bond donors (Lipinski definition) is 4. The van der Waals surface area contributed by atoms with Gasteiger partial charge in [-0.1, -0.05) is 44.2 Å². The van der Waals surface area contributed by atoms with Crippen molar-refractivity contribution in [3.63, 3.8) is 0 Å². The first-order valence-electron chi connectivity index (χ1n) is 12.9.